The lowest BCUT2D eigenvalue weighted by Gasteiger charge is -2.13. The molecule has 122 valence electrons. The van der Waals surface area contributed by atoms with Gasteiger partial charge in [0.05, 0.1) is 18.3 Å². The maximum absolute atomic E-state index is 12.1. The standard InChI is InChI=1S/C18H16N2O4/c1-24-12-8-6-11(7-9-12)10-19-16-13-4-2-3-5-14(13)20-17(21)15(16)18(22)23/h2-9H,10H2,1H3,(H,22,23)(H2,19,20,21). The third-order valence-electron chi connectivity index (χ3n) is 3.76. The van der Waals surface area contributed by atoms with Crippen LogP contribution in [0.3, 0.4) is 0 Å². The van der Waals surface area contributed by atoms with Crippen molar-refractivity contribution < 1.29 is 14.6 Å². The van der Waals surface area contributed by atoms with Gasteiger partial charge >= 0.3 is 5.97 Å². The molecule has 1 aromatic heterocycles. The molecule has 0 unspecified atom stereocenters. The lowest BCUT2D eigenvalue weighted by atomic mass is 10.1. The Hall–Kier alpha value is -3.28. The van der Waals surface area contributed by atoms with Crippen LogP contribution in [0, 0.1) is 0 Å². The van der Waals surface area contributed by atoms with E-state index in [1.165, 1.54) is 0 Å². The van der Waals surface area contributed by atoms with Gasteiger partial charge in [-0.3, -0.25) is 4.79 Å². The zero-order valence-electron chi connectivity index (χ0n) is 13.0. The van der Waals surface area contributed by atoms with Gasteiger partial charge in [-0.25, -0.2) is 4.79 Å². The zero-order chi connectivity index (χ0) is 17.1. The number of aromatic carboxylic acids is 1. The van der Waals surface area contributed by atoms with Crippen molar-refractivity contribution in [1.29, 1.82) is 0 Å². The van der Waals surface area contributed by atoms with Crippen molar-refractivity contribution in [1.82, 2.24) is 4.98 Å². The van der Waals surface area contributed by atoms with Gasteiger partial charge in [0.1, 0.15) is 11.3 Å². The minimum Gasteiger partial charge on any atom is -0.497 e. The van der Waals surface area contributed by atoms with E-state index in [0.29, 0.717) is 23.1 Å². The predicted octanol–water partition coefficient (Wildman–Crippen LogP) is 2.85. The predicted molar refractivity (Wildman–Crippen MR) is 91.8 cm³/mol. The number of ether oxygens (including phenoxy) is 1. The molecular weight excluding hydrogens is 308 g/mol. The van der Waals surface area contributed by atoms with Crippen molar-refractivity contribution in [2.24, 2.45) is 0 Å². The number of fused-ring (bicyclic) bond motifs is 1. The van der Waals surface area contributed by atoms with Crippen LogP contribution in [-0.4, -0.2) is 23.2 Å². The molecule has 24 heavy (non-hydrogen) atoms. The Balaban J connectivity index is 2.01. The quantitative estimate of drug-likeness (QED) is 0.671. The van der Waals surface area contributed by atoms with E-state index in [1.807, 2.05) is 24.3 Å². The lowest BCUT2D eigenvalue weighted by molar-refractivity contribution is 0.0696. The molecule has 1 heterocycles. The van der Waals surface area contributed by atoms with Crippen LogP contribution in [0.5, 0.6) is 5.75 Å². The summed E-state index contributed by atoms with van der Waals surface area (Å²) in [4.78, 5) is 26.2. The van der Waals surface area contributed by atoms with Crippen LogP contribution in [0.4, 0.5) is 5.69 Å². The molecule has 0 fully saturated rings. The van der Waals surface area contributed by atoms with Crippen LogP contribution >= 0.6 is 0 Å². The van der Waals surface area contributed by atoms with Crippen molar-refractivity contribution in [2.75, 3.05) is 12.4 Å². The summed E-state index contributed by atoms with van der Waals surface area (Å²) >= 11 is 0. The van der Waals surface area contributed by atoms with E-state index in [9.17, 15) is 14.7 Å². The molecule has 0 spiro atoms. The minimum atomic E-state index is -1.26. The highest BCUT2D eigenvalue weighted by molar-refractivity contribution is 6.04. The number of H-pyrrole nitrogens is 1. The van der Waals surface area contributed by atoms with Gasteiger partial charge in [0.15, 0.2) is 0 Å². The van der Waals surface area contributed by atoms with Crippen LogP contribution in [-0.2, 0) is 6.54 Å². The number of carbonyl (C=O) groups is 1. The number of methoxy groups -OCH3 is 1. The number of pyridine rings is 1. The van der Waals surface area contributed by atoms with Crippen LogP contribution in [0.1, 0.15) is 15.9 Å². The number of carboxylic acids is 1. The maximum atomic E-state index is 12.1. The fraction of sp³-hybridized carbons (Fsp3) is 0.111. The van der Waals surface area contributed by atoms with Crippen molar-refractivity contribution in [3.63, 3.8) is 0 Å². The first-order valence-corrected chi connectivity index (χ1v) is 7.35. The minimum absolute atomic E-state index is 0.290. The monoisotopic (exact) mass is 324 g/mol. The van der Waals surface area contributed by atoms with Crippen molar-refractivity contribution in [2.45, 2.75) is 6.54 Å². The van der Waals surface area contributed by atoms with E-state index in [1.54, 1.807) is 31.4 Å². The Kier molecular flexibility index (Phi) is 4.20. The van der Waals surface area contributed by atoms with Gasteiger partial charge in [-0.2, -0.15) is 0 Å². The summed E-state index contributed by atoms with van der Waals surface area (Å²) in [5, 5.41) is 13.1. The van der Waals surface area contributed by atoms with E-state index < -0.39 is 11.5 Å². The molecule has 3 rings (SSSR count). The third kappa shape index (κ3) is 2.94. The average molecular weight is 324 g/mol. The fourth-order valence-corrected chi connectivity index (χ4v) is 2.56. The molecule has 0 aliphatic carbocycles. The Bertz CT molecular complexity index is 945. The Morgan fingerprint density at radius 1 is 1.17 bits per heavy atom. The molecule has 0 saturated carbocycles. The first-order valence-electron chi connectivity index (χ1n) is 7.35. The Morgan fingerprint density at radius 3 is 2.54 bits per heavy atom. The van der Waals surface area contributed by atoms with Crippen molar-refractivity contribution in [3.05, 3.63) is 70.0 Å². The molecular formula is C18H16N2O4. The number of anilines is 1. The molecule has 0 aliphatic rings. The van der Waals surface area contributed by atoms with E-state index in [0.717, 1.165) is 11.3 Å². The molecule has 6 heteroatoms. The van der Waals surface area contributed by atoms with E-state index in [4.69, 9.17) is 4.74 Å². The summed E-state index contributed by atoms with van der Waals surface area (Å²) < 4.78 is 5.11. The second kappa shape index (κ2) is 6.45. The average Bonchev–Trinajstić information content (AvgIpc) is 2.59. The molecule has 6 nitrogen and oxygen atoms in total. The molecule has 0 amide bonds. The van der Waals surface area contributed by atoms with Gasteiger partial charge in [0, 0.05) is 11.9 Å². The van der Waals surface area contributed by atoms with E-state index in [-0.39, 0.29) is 5.56 Å². The van der Waals surface area contributed by atoms with Crippen LogP contribution in [0.2, 0.25) is 0 Å². The van der Waals surface area contributed by atoms with Gasteiger partial charge in [-0.1, -0.05) is 30.3 Å². The third-order valence-corrected chi connectivity index (χ3v) is 3.76. The van der Waals surface area contributed by atoms with E-state index >= 15 is 0 Å². The number of benzene rings is 2. The maximum Gasteiger partial charge on any atom is 0.343 e. The molecule has 2 aromatic carbocycles. The van der Waals surface area contributed by atoms with Gasteiger partial charge in [-0.15, -0.1) is 0 Å². The topological polar surface area (TPSA) is 91.4 Å². The first kappa shape index (κ1) is 15.6. The number of para-hydroxylation sites is 1. The smallest absolute Gasteiger partial charge is 0.343 e. The highest BCUT2D eigenvalue weighted by Gasteiger charge is 2.18. The number of aromatic amines is 1. The second-order valence-electron chi connectivity index (χ2n) is 5.26. The van der Waals surface area contributed by atoms with Crippen LogP contribution < -0.4 is 15.6 Å². The second-order valence-corrected chi connectivity index (χ2v) is 5.26. The summed E-state index contributed by atoms with van der Waals surface area (Å²) in [5.41, 5.74) is 0.930. The number of carboxylic acid groups (broad SMARTS) is 1. The highest BCUT2D eigenvalue weighted by Crippen LogP contribution is 2.24. The molecule has 0 radical (unpaired) electrons. The van der Waals surface area contributed by atoms with Crippen molar-refractivity contribution >= 4 is 22.6 Å². The number of hydrogen-bond donors (Lipinski definition) is 3. The highest BCUT2D eigenvalue weighted by atomic mass is 16.5. The van der Waals surface area contributed by atoms with E-state index in [2.05, 4.69) is 10.3 Å². The van der Waals surface area contributed by atoms with Gasteiger partial charge in [-0.05, 0) is 23.8 Å². The summed E-state index contributed by atoms with van der Waals surface area (Å²) in [6, 6.07) is 14.5. The SMILES string of the molecule is COc1ccc(CNc2c(C(=O)O)c(=O)[nH]c3ccccc23)cc1. The molecule has 3 aromatic rings. The van der Waals surface area contributed by atoms with Gasteiger partial charge in [0.25, 0.3) is 5.56 Å². The largest absolute Gasteiger partial charge is 0.497 e. The summed E-state index contributed by atoms with van der Waals surface area (Å²) in [6.07, 6.45) is 0. The van der Waals surface area contributed by atoms with Crippen molar-refractivity contribution in [3.8, 4) is 5.75 Å². The number of hydrogen-bond acceptors (Lipinski definition) is 4. The fourth-order valence-electron chi connectivity index (χ4n) is 2.56. The normalized spacial score (nSPS) is 10.5. The summed E-state index contributed by atoms with van der Waals surface area (Å²) in [6.45, 7) is 0.387. The lowest BCUT2D eigenvalue weighted by Crippen LogP contribution is -2.21. The Morgan fingerprint density at radius 2 is 1.88 bits per heavy atom. The van der Waals surface area contributed by atoms with Crippen LogP contribution in [0.15, 0.2) is 53.3 Å². The first-order chi connectivity index (χ1) is 11.6. The van der Waals surface area contributed by atoms with Gasteiger partial charge in [0.2, 0.25) is 0 Å². The van der Waals surface area contributed by atoms with Crippen LogP contribution in [0.25, 0.3) is 10.9 Å². The summed E-state index contributed by atoms with van der Waals surface area (Å²) in [7, 11) is 1.59. The number of nitrogens with one attached hydrogen (secondary N) is 2. The molecule has 0 aliphatic heterocycles. The molecule has 0 bridgehead atoms. The molecule has 0 atom stereocenters. The number of aromatic nitrogens is 1. The van der Waals surface area contributed by atoms with Gasteiger partial charge < -0.3 is 20.1 Å². The summed E-state index contributed by atoms with van der Waals surface area (Å²) in [5.74, 6) is -0.522. The molecule has 0 saturated heterocycles. The Labute approximate surface area is 137 Å². The molecule has 3 N–H and O–H groups in total. The zero-order valence-corrected chi connectivity index (χ0v) is 13.0. The number of rotatable bonds is 5.